The van der Waals surface area contributed by atoms with E-state index < -0.39 is 0 Å². The lowest BCUT2D eigenvalue weighted by molar-refractivity contribution is 0.497. The molecule has 1 atom stereocenters. The van der Waals surface area contributed by atoms with Crippen LogP contribution in [0.25, 0.3) is 0 Å². The molecule has 0 bridgehead atoms. The van der Waals surface area contributed by atoms with E-state index in [1.807, 2.05) is 26.0 Å². The number of anilines is 2. The molecule has 0 radical (unpaired) electrons. The van der Waals surface area contributed by atoms with Crippen molar-refractivity contribution in [2.45, 2.75) is 46.6 Å². The predicted octanol–water partition coefficient (Wildman–Crippen LogP) is 3.55. The van der Waals surface area contributed by atoms with E-state index in [1.165, 1.54) is 0 Å². The fourth-order valence-electron chi connectivity index (χ4n) is 2.20. The molecule has 0 fully saturated rings. The molecule has 2 aromatic rings. The summed E-state index contributed by atoms with van der Waals surface area (Å²) >= 11 is 0. The molecular formula is C16H24N4O. The number of rotatable bonds is 7. The predicted molar refractivity (Wildman–Crippen MR) is 85.8 cm³/mol. The van der Waals surface area contributed by atoms with Crippen molar-refractivity contribution >= 4 is 11.6 Å². The van der Waals surface area contributed by atoms with Crippen molar-refractivity contribution in [1.29, 1.82) is 0 Å². The van der Waals surface area contributed by atoms with Gasteiger partial charge in [0.15, 0.2) is 0 Å². The summed E-state index contributed by atoms with van der Waals surface area (Å²) in [5, 5.41) is 6.81. The number of furan rings is 1. The minimum atomic E-state index is 0.239. The zero-order valence-corrected chi connectivity index (χ0v) is 13.2. The van der Waals surface area contributed by atoms with E-state index in [0.717, 1.165) is 48.2 Å². The van der Waals surface area contributed by atoms with Crippen molar-refractivity contribution < 1.29 is 4.42 Å². The molecule has 21 heavy (non-hydrogen) atoms. The van der Waals surface area contributed by atoms with Crippen LogP contribution < -0.4 is 10.6 Å². The standard InChI is InChI=1S/C16H24N4O/c1-5-8-17-15-12(3)16(20-13(4)19-15)18-11(2)10-14-7-6-9-21-14/h6-7,9,11H,5,8,10H2,1-4H3,(H2,17,18,19,20). The van der Waals surface area contributed by atoms with Gasteiger partial charge in [0.05, 0.1) is 6.26 Å². The number of aromatic nitrogens is 2. The van der Waals surface area contributed by atoms with Gasteiger partial charge in [-0.2, -0.15) is 0 Å². The molecule has 0 saturated carbocycles. The Bertz CT molecular complexity index is 566. The van der Waals surface area contributed by atoms with E-state index in [4.69, 9.17) is 4.42 Å². The lowest BCUT2D eigenvalue weighted by Crippen LogP contribution is -2.20. The minimum absolute atomic E-state index is 0.239. The van der Waals surface area contributed by atoms with Gasteiger partial charge in [0.2, 0.25) is 0 Å². The maximum absolute atomic E-state index is 5.39. The number of hydrogen-bond acceptors (Lipinski definition) is 5. The van der Waals surface area contributed by atoms with Crippen LogP contribution >= 0.6 is 0 Å². The second-order valence-electron chi connectivity index (χ2n) is 5.35. The molecule has 0 aromatic carbocycles. The molecule has 114 valence electrons. The van der Waals surface area contributed by atoms with Crippen molar-refractivity contribution in [3.05, 3.63) is 35.5 Å². The van der Waals surface area contributed by atoms with Gasteiger partial charge in [-0.25, -0.2) is 9.97 Å². The van der Waals surface area contributed by atoms with Crippen LogP contribution in [0.4, 0.5) is 11.6 Å². The second kappa shape index (κ2) is 7.11. The maximum Gasteiger partial charge on any atom is 0.134 e. The molecule has 2 rings (SSSR count). The molecule has 0 saturated heterocycles. The van der Waals surface area contributed by atoms with Crippen molar-refractivity contribution in [2.75, 3.05) is 17.2 Å². The van der Waals surface area contributed by atoms with Crippen LogP contribution in [-0.2, 0) is 6.42 Å². The first-order chi connectivity index (χ1) is 10.1. The Morgan fingerprint density at radius 1 is 1.24 bits per heavy atom. The Morgan fingerprint density at radius 3 is 2.67 bits per heavy atom. The summed E-state index contributed by atoms with van der Waals surface area (Å²) in [6, 6.07) is 4.14. The van der Waals surface area contributed by atoms with Gasteiger partial charge in [0.25, 0.3) is 0 Å². The van der Waals surface area contributed by atoms with Crippen LogP contribution in [0.1, 0.15) is 37.4 Å². The van der Waals surface area contributed by atoms with Crippen LogP contribution in [0.5, 0.6) is 0 Å². The van der Waals surface area contributed by atoms with Gasteiger partial charge in [-0.15, -0.1) is 0 Å². The van der Waals surface area contributed by atoms with Gasteiger partial charge < -0.3 is 15.1 Å². The highest BCUT2D eigenvalue weighted by Crippen LogP contribution is 2.21. The number of aryl methyl sites for hydroxylation is 1. The lowest BCUT2D eigenvalue weighted by Gasteiger charge is -2.17. The summed E-state index contributed by atoms with van der Waals surface area (Å²) < 4.78 is 5.39. The van der Waals surface area contributed by atoms with Crippen LogP contribution in [0, 0.1) is 13.8 Å². The summed E-state index contributed by atoms with van der Waals surface area (Å²) in [5.41, 5.74) is 1.06. The Balaban J connectivity index is 2.09. The van der Waals surface area contributed by atoms with Gasteiger partial charge in [-0.05, 0) is 39.3 Å². The van der Waals surface area contributed by atoms with Crippen molar-refractivity contribution in [3.63, 3.8) is 0 Å². The first-order valence-electron chi connectivity index (χ1n) is 7.48. The highest BCUT2D eigenvalue weighted by atomic mass is 16.3. The number of hydrogen-bond donors (Lipinski definition) is 2. The van der Waals surface area contributed by atoms with Crippen molar-refractivity contribution in [3.8, 4) is 0 Å². The Morgan fingerprint density at radius 2 is 2.00 bits per heavy atom. The van der Waals surface area contributed by atoms with Gasteiger partial charge in [-0.1, -0.05) is 6.92 Å². The lowest BCUT2D eigenvalue weighted by atomic mass is 10.2. The van der Waals surface area contributed by atoms with E-state index in [2.05, 4.69) is 34.4 Å². The molecule has 5 nitrogen and oxygen atoms in total. The van der Waals surface area contributed by atoms with Crippen LogP contribution in [0.15, 0.2) is 22.8 Å². The average molecular weight is 288 g/mol. The third-order valence-corrected chi connectivity index (χ3v) is 3.27. The van der Waals surface area contributed by atoms with Gasteiger partial charge in [0.1, 0.15) is 23.2 Å². The zero-order valence-electron chi connectivity index (χ0n) is 13.2. The van der Waals surface area contributed by atoms with Gasteiger partial charge in [0, 0.05) is 24.6 Å². The van der Waals surface area contributed by atoms with Gasteiger partial charge in [-0.3, -0.25) is 0 Å². The molecule has 0 amide bonds. The molecule has 0 spiro atoms. The molecule has 2 heterocycles. The highest BCUT2D eigenvalue weighted by Gasteiger charge is 2.12. The first kappa shape index (κ1) is 15.4. The fourth-order valence-corrected chi connectivity index (χ4v) is 2.20. The molecule has 1 unspecified atom stereocenters. The molecule has 2 aromatic heterocycles. The second-order valence-corrected chi connectivity index (χ2v) is 5.35. The van der Waals surface area contributed by atoms with Crippen LogP contribution in [0.2, 0.25) is 0 Å². The number of nitrogens with zero attached hydrogens (tertiary/aromatic N) is 2. The molecule has 0 aliphatic rings. The summed E-state index contributed by atoms with van der Waals surface area (Å²) in [7, 11) is 0. The monoisotopic (exact) mass is 288 g/mol. The van der Waals surface area contributed by atoms with Crippen molar-refractivity contribution in [2.24, 2.45) is 0 Å². The Labute approximate surface area is 126 Å². The number of nitrogens with one attached hydrogen (secondary N) is 2. The molecule has 5 heteroatoms. The SMILES string of the molecule is CCCNc1nc(C)nc(NC(C)Cc2ccco2)c1C. The normalized spacial score (nSPS) is 12.2. The van der Waals surface area contributed by atoms with Crippen LogP contribution in [-0.4, -0.2) is 22.6 Å². The van der Waals surface area contributed by atoms with Crippen LogP contribution in [0.3, 0.4) is 0 Å². The highest BCUT2D eigenvalue weighted by molar-refractivity contribution is 5.57. The van der Waals surface area contributed by atoms with E-state index in [9.17, 15) is 0 Å². The topological polar surface area (TPSA) is 63.0 Å². The average Bonchev–Trinajstić information content (AvgIpc) is 2.93. The Hall–Kier alpha value is -2.04. The fraction of sp³-hybridized carbons (Fsp3) is 0.500. The van der Waals surface area contributed by atoms with Crippen molar-refractivity contribution in [1.82, 2.24) is 9.97 Å². The maximum atomic E-state index is 5.39. The van der Waals surface area contributed by atoms with E-state index in [0.29, 0.717) is 0 Å². The smallest absolute Gasteiger partial charge is 0.134 e. The molecular weight excluding hydrogens is 264 g/mol. The zero-order chi connectivity index (χ0) is 15.2. The summed E-state index contributed by atoms with van der Waals surface area (Å²) in [4.78, 5) is 8.99. The first-order valence-corrected chi connectivity index (χ1v) is 7.48. The van der Waals surface area contributed by atoms with E-state index >= 15 is 0 Å². The largest absolute Gasteiger partial charge is 0.469 e. The summed E-state index contributed by atoms with van der Waals surface area (Å²) in [6.07, 6.45) is 3.60. The summed E-state index contributed by atoms with van der Waals surface area (Å²) in [5.74, 6) is 3.55. The quantitative estimate of drug-likeness (QED) is 0.815. The third kappa shape index (κ3) is 4.21. The van der Waals surface area contributed by atoms with E-state index in [-0.39, 0.29) is 6.04 Å². The summed E-state index contributed by atoms with van der Waals surface area (Å²) in [6.45, 7) is 9.14. The van der Waals surface area contributed by atoms with E-state index in [1.54, 1.807) is 6.26 Å². The molecule has 0 aliphatic carbocycles. The third-order valence-electron chi connectivity index (χ3n) is 3.27. The molecule has 0 aliphatic heterocycles. The van der Waals surface area contributed by atoms with Gasteiger partial charge >= 0.3 is 0 Å². The minimum Gasteiger partial charge on any atom is -0.469 e. The molecule has 2 N–H and O–H groups in total. The Kier molecular flexibility index (Phi) is 5.20.